The largest absolute Gasteiger partial charge is 0.378 e. The number of hydrogen-bond donors (Lipinski definition) is 1. The molecule has 0 aromatic heterocycles. The average Bonchev–Trinajstić information content (AvgIpc) is 2.49. The third-order valence-electron chi connectivity index (χ3n) is 4.89. The van der Waals surface area contributed by atoms with Crippen molar-refractivity contribution in [2.24, 2.45) is 11.8 Å². The van der Waals surface area contributed by atoms with E-state index in [0.717, 1.165) is 18.4 Å². The minimum Gasteiger partial charge on any atom is -0.378 e. The van der Waals surface area contributed by atoms with Gasteiger partial charge in [0, 0.05) is 25.8 Å². The predicted octanol–water partition coefficient (Wildman–Crippen LogP) is 4.62. The molecule has 0 spiro atoms. The second-order valence-electron chi connectivity index (χ2n) is 6.94. The van der Waals surface area contributed by atoms with Crippen molar-refractivity contribution in [1.82, 2.24) is 5.32 Å². The van der Waals surface area contributed by atoms with Gasteiger partial charge in [-0.25, -0.2) is 0 Å². The third-order valence-corrected chi connectivity index (χ3v) is 4.89. The van der Waals surface area contributed by atoms with Gasteiger partial charge in [0.2, 0.25) is 0 Å². The Morgan fingerprint density at radius 3 is 2.52 bits per heavy atom. The number of rotatable bonds is 6. The van der Waals surface area contributed by atoms with Gasteiger partial charge in [-0.2, -0.15) is 0 Å². The highest BCUT2D eigenvalue weighted by Gasteiger charge is 2.27. The van der Waals surface area contributed by atoms with Gasteiger partial charge in [0.15, 0.2) is 0 Å². The van der Waals surface area contributed by atoms with Gasteiger partial charge in [0.05, 0.1) is 0 Å². The van der Waals surface area contributed by atoms with E-state index in [2.05, 4.69) is 62.4 Å². The van der Waals surface area contributed by atoms with Gasteiger partial charge in [-0.05, 0) is 55.3 Å². The molecule has 0 bridgehead atoms. The first-order valence-corrected chi connectivity index (χ1v) is 8.62. The van der Waals surface area contributed by atoms with E-state index in [4.69, 9.17) is 0 Å². The molecule has 0 amide bonds. The maximum atomic E-state index is 3.82. The lowest BCUT2D eigenvalue weighted by Crippen LogP contribution is -2.31. The molecule has 1 aliphatic rings. The van der Waals surface area contributed by atoms with E-state index in [1.807, 2.05) is 0 Å². The topological polar surface area (TPSA) is 15.3 Å². The van der Waals surface area contributed by atoms with Crippen molar-refractivity contribution in [3.8, 4) is 0 Å². The Morgan fingerprint density at radius 2 is 1.90 bits per heavy atom. The summed E-state index contributed by atoms with van der Waals surface area (Å²) in [5, 5.41) is 3.82. The fraction of sp³-hybridized carbons (Fsp3) is 0.684. The molecule has 0 saturated heterocycles. The van der Waals surface area contributed by atoms with Gasteiger partial charge in [-0.3, -0.25) is 0 Å². The summed E-state index contributed by atoms with van der Waals surface area (Å²) in [6.07, 6.45) is 6.72. The van der Waals surface area contributed by atoms with Crippen molar-refractivity contribution in [1.29, 1.82) is 0 Å². The lowest BCUT2D eigenvalue weighted by Gasteiger charge is -2.34. The summed E-state index contributed by atoms with van der Waals surface area (Å²) in [5.74, 6) is 1.71. The number of anilines is 1. The van der Waals surface area contributed by atoms with Crippen molar-refractivity contribution in [2.75, 3.05) is 25.5 Å². The molecule has 1 N–H and O–H groups in total. The van der Waals surface area contributed by atoms with Crippen LogP contribution in [-0.4, -0.2) is 20.6 Å². The van der Waals surface area contributed by atoms with Gasteiger partial charge < -0.3 is 10.2 Å². The molecule has 2 nitrogen and oxygen atoms in total. The second-order valence-corrected chi connectivity index (χ2v) is 6.94. The zero-order valence-electron chi connectivity index (χ0n) is 14.2. The quantitative estimate of drug-likeness (QED) is 0.821. The van der Waals surface area contributed by atoms with Crippen LogP contribution in [0.5, 0.6) is 0 Å². The fourth-order valence-corrected chi connectivity index (χ4v) is 3.47. The fourth-order valence-electron chi connectivity index (χ4n) is 3.47. The molecule has 21 heavy (non-hydrogen) atoms. The summed E-state index contributed by atoms with van der Waals surface area (Å²) < 4.78 is 0. The highest BCUT2D eigenvalue weighted by molar-refractivity contribution is 5.48. The molecule has 2 heteroatoms. The summed E-state index contributed by atoms with van der Waals surface area (Å²) in [6, 6.07) is 9.60. The van der Waals surface area contributed by atoms with Crippen LogP contribution in [-0.2, 0) is 0 Å². The van der Waals surface area contributed by atoms with E-state index in [-0.39, 0.29) is 0 Å². The molecule has 1 fully saturated rings. The highest BCUT2D eigenvalue weighted by atomic mass is 15.1. The van der Waals surface area contributed by atoms with E-state index in [0.29, 0.717) is 6.04 Å². The zero-order chi connectivity index (χ0) is 15.2. The number of nitrogens with one attached hydrogen (secondary N) is 1. The molecular weight excluding hydrogens is 256 g/mol. The van der Waals surface area contributed by atoms with Crippen molar-refractivity contribution >= 4 is 5.69 Å². The van der Waals surface area contributed by atoms with Crippen LogP contribution in [0, 0.1) is 11.8 Å². The average molecular weight is 288 g/mol. The smallest absolute Gasteiger partial charge is 0.0364 e. The van der Waals surface area contributed by atoms with Crippen molar-refractivity contribution < 1.29 is 0 Å². The molecule has 2 rings (SSSR count). The Kier molecular flexibility index (Phi) is 6.10. The van der Waals surface area contributed by atoms with Crippen LogP contribution in [0.1, 0.15) is 57.6 Å². The lowest BCUT2D eigenvalue weighted by molar-refractivity contribution is 0.231. The van der Waals surface area contributed by atoms with Crippen molar-refractivity contribution in [3.05, 3.63) is 29.8 Å². The Bertz CT molecular complexity index is 419. The lowest BCUT2D eigenvalue weighted by atomic mass is 9.77. The molecule has 1 atom stereocenters. The monoisotopic (exact) mass is 288 g/mol. The van der Waals surface area contributed by atoms with Crippen LogP contribution in [0.25, 0.3) is 0 Å². The molecule has 1 aliphatic carbocycles. The second kappa shape index (κ2) is 7.84. The molecule has 0 radical (unpaired) electrons. The molecule has 1 unspecified atom stereocenters. The molecule has 0 aliphatic heterocycles. The molecule has 118 valence electrons. The molecule has 1 aromatic rings. The summed E-state index contributed by atoms with van der Waals surface area (Å²) in [6.45, 7) is 5.77. The van der Waals surface area contributed by atoms with Crippen LogP contribution >= 0.6 is 0 Å². The summed E-state index contributed by atoms with van der Waals surface area (Å²) in [7, 11) is 4.24. The van der Waals surface area contributed by atoms with Crippen LogP contribution in [0.4, 0.5) is 5.69 Å². The maximum Gasteiger partial charge on any atom is 0.0364 e. The number of nitrogens with zero attached hydrogens (tertiary/aromatic N) is 1. The van der Waals surface area contributed by atoms with E-state index >= 15 is 0 Å². The summed E-state index contributed by atoms with van der Waals surface area (Å²) >= 11 is 0. The Balaban J connectivity index is 2.16. The minimum absolute atomic E-state index is 0.525. The first-order valence-electron chi connectivity index (χ1n) is 8.62. The molecule has 1 aromatic carbocycles. The number of hydrogen-bond acceptors (Lipinski definition) is 2. The van der Waals surface area contributed by atoms with E-state index < -0.39 is 0 Å². The van der Waals surface area contributed by atoms with Crippen LogP contribution in [0.15, 0.2) is 24.3 Å². The van der Waals surface area contributed by atoms with Gasteiger partial charge >= 0.3 is 0 Å². The molecule has 1 saturated carbocycles. The van der Waals surface area contributed by atoms with Gasteiger partial charge in [0.1, 0.15) is 0 Å². The van der Waals surface area contributed by atoms with Gasteiger partial charge in [-0.15, -0.1) is 0 Å². The Labute approximate surface area is 130 Å². The standard InChI is InChI=1S/C19H32N2/c1-5-13-20-19(16-11-9-15(2)10-12-16)17-7-6-8-18(14-17)21(3)4/h6-8,14-16,19-20H,5,9-13H2,1-4H3. The van der Waals surface area contributed by atoms with Crippen LogP contribution < -0.4 is 10.2 Å². The van der Waals surface area contributed by atoms with Crippen molar-refractivity contribution in [2.45, 2.75) is 52.0 Å². The third kappa shape index (κ3) is 4.47. The van der Waals surface area contributed by atoms with E-state index in [1.54, 1.807) is 0 Å². The van der Waals surface area contributed by atoms with E-state index in [9.17, 15) is 0 Å². The summed E-state index contributed by atoms with van der Waals surface area (Å²) in [4.78, 5) is 2.20. The zero-order valence-corrected chi connectivity index (χ0v) is 14.2. The first kappa shape index (κ1) is 16.4. The molecular formula is C19H32N2. The SMILES string of the molecule is CCCNC(c1cccc(N(C)C)c1)C1CCC(C)CC1. The Hall–Kier alpha value is -1.02. The highest BCUT2D eigenvalue weighted by Crippen LogP contribution is 2.37. The van der Waals surface area contributed by atoms with Crippen molar-refractivity contribution in [3.63, 3.8) is 0 Å². The minimum atomic E-state index is 0.525. The first-order chi connectivity index (χ1) is 10.1. The van der Waals surface area contributed by atoms with Gasteiger partial charge in [-0.1, -0.05) is 38.8 Å². The van der Waals surface area contributed by atoms with Crippen LogP contribution in [0.2, 0.25) is 0 Å². The Morgan fingerprint density at radius 1 is 1.19 bits per heavy atom. The van der Waals surface area contributed by atoms with Crippen LogP contribution in [0.3, 0.4) is 0 Å². The molecule has 0 heterocycles. The normalized spacial score (nSPS) is 23.8. The maximum absolute atomic E-state index is 3.82. The number of benzene rings is 1. The summed E-state index contributed by atoms with van der Waals surface area (Å²) in [5.41, 5.74) is 2.77. The van der Waals surface area contributed by atoms with E-state index in [1.165, 1.54) is 43.4 Å². The van der Waals surface area contributed by atoms with Gasteiger partial charge in [0.25, 0.3) is 0 Å². The predicted molar refractivity (Wildman–Crippen MR) is 92.9 cm³/mol.